The number of carbonyl (C=O) groups excluding carboxylic acids is 1. The lowest BCUT2D eigenvalue weighted by atomic mass is 10.2. The van der Waals surface area contributed by atoms with E-state index in [1.54, 1.807) is 18.2 Å². The molecule has 1 atom stereocenters. The number of carbonyl (C=O) groups is 1. The van der Waals surface area contributed by atoms with Crippen molar-refractivity contribution in [3.8, 4) is 0 Å². The van der Waals surface area contributed by atoms with Gasteiger partial charge in [-0.2, -0.15) is 0 Å². The average molecular weight is 289 g/mol. The summed E-state index contributed by atoms with van der Waals surface area (Å²) >= 11 is 11.7. The fraction of sp³-hybridized carbons (Fsp3) is 0.417. The van der Waals surface area contributed by atoms with Crippen molar-refractivity contribution >= 4 is 34.8 Å². The summed E-state index contributed by atoms with van der Waals surface area (Å²) in [5.41, 5.74) is 0.645. The fourth-order valence-electron chi connectivity index (χ4n) is 1.76. The zero-order valence-electron chi connectivity index (χ0n) is 9.71. The summed E-state index contributed by atoms with van der Waals surface area (Å²) in [4.78, 5) is 11.8. The fourth-order valence-corrected chi connectivity index (χ4v) is 2.06. The van der Waals surface area contributed by atoms with Crippen molar-refractivity contribution in [3.63, 3.8) is 0 Å². The van der Waals surface area contributed by atoms with Gasteiger partial charge in [-0.25, -0.2) is 0 Å². The molecule has 0 saturated carbocycles. The molecule has 98 valence electrons. The molecule has 0 radical (unpaired) electrons. The molecule has 1 amide bonds. The van der Waals surface area contributed by atoms with E-state index < -0.39 is 0 Å². The molecule has 4 nitrogen and oxygen atoms in total. The van der Waals surface area contributed by atoms with Gasteiger partial charge in [-0.1, -0.05) is 23.2 Å². The molecule has 1 aromatic rings. The highest BCUT2D eigenvalue weighted by Crippen LogP contribution is 2.25. The topological polar surface area (TPSA) is 50.4 Å². The third-order valence-electron chi connectivity index (χ3n) is 2.63. The zero-order chi connectivity index (χ0) is 13.0. The van der Waals surface area contributed by atoms with Gasteiger partial charge in [-0.05, 0) is 18.2 Å². The molecule has 2 rings (SSSR count). The summed E-state index contributed by atoms with van der Waals surface area (Å²) in [5, 5.41) is 6.90. The van der Waals surface area contributed by atoms with Crippen molar-refractivity contribution in [3.05, 3.63) is 28.2 Å². The van der Waals surface area contributed by atoms with Crippen LogP contribution in [0.4, 0.5) is 5.69 Å². The van der Waals surface area contributed by atoms with E-state index in [0.717, 1.165) is 6.54 Å². The second-order valence-electron chi connectivity index (χ2n) is 4.11. The quantitative estimate of drug-likeness (QED) is 0.897. The number of rotatable bonds is 3. The summed E-state index contributed by atoms with van der Waals surface area (Å²) in [6.07, 6.45) is 0.375. The molecule has 6 heteroatoms. The van der Waals surface area contributed by atoms with Gasteiger partial charge in [-0.15, -0.1) is 0 Å². The van der Waals surface area contributed by atoms with Crippen molar-refractivity contribution in [2.45, 2.75) is 12.5 Å². The van der Waals surface area contributed by atoms with Crippen LogP contribution in [-0.2, 0) is 9.53 Å². The van der Waals surface area contributed by atoms with E-state index in [1.807, 2.05) is 0 Å². The number of nitrogens with one attached hydrogen (secondary N) is 2. The zero-order valence-corrected chi connectivity index (χ0v) is 11.2. The molecule has 1 heterocycles. The third-order valence-corrected chi connectivity index (χ3v) is 3.37. The Morgan fingerprint density at radius 3 is 2.94 bits per heavy atom. The Bertz CT molecular complexity index is 434. The van der Waals surface area contributed by atoms with Crippen LogP contribution in [-0.4, -0.2) is 31.7 Å². The molecule has 1 aliphatic heterocycles. The van der Waals surface area contributed by atoms with Crippen LogP contribution in [0.2, 0.25) is 10.0 Å². The van der Waals surface area contributed by atoms with Crippen LogP contribution in [0.5, 0.6) is 0 Å². The van der Waals surface area contributed by atoms with Crippen LogP contribution in [0.1, 0.15) is 6.42 Å². The van der Waals surface area contributed by atoms with E-state index in [0.29, 0.717) is 35.4 Å². The summed E-state index contributed by atoms with van der Waals surface area (Å²) in [5.74, 6) is -0.0728. The van der Waals surface area contributed by atoms with E-state index in [1.165, 1.54) is 0 Å². The molecule has 1 aromatic carbocycles. The number of benzene rings is 1. The minimum Gasteiger partial charge on any atom is -0.378 e. The Morgan fingerprint density at radius 1 is 1.44 bits per heavy atom. The largest absolute Gasteiger partial charge is 0.378 e. The van der Waals surface area contributed by atoms with Gasteiger partial charge in [0.15, 0.2) is 0 Å². The number of ether oxygens (including phenoxy) is 1. The summed E-state index contributed by atoms with van der Waals surface area (Å²) in [7, 11) is 0. The van der Waals surface area contributed by atoms with Gasteiger partial charge < -0.3 is 15.4 Å². The van der Waals surface area contributed by atoms with Crippen molar-refractivity contribution in [1.82, 2.24) is 5.32 Å². The summed E-state index contributed by atoms with van der Waals surface area (Å²) in [6, 6.07) is 5.08. The molecule has 0 aliphatic carbocycles. The SMILES string of the molecule is O=C(CC1COCCN1)Nc1ccc(Cl)c(Cl)c1. The van der Waals surface area contributed by atoms with Gasteiger partial charge in [0, 0.05) is 24.7 Å². The van der Waals surface area contributed by atoms with E-state index >= 15 is 0 Å². The Balaban J connectivity index is 1.88. The first-order chi connectivity index (χ1) is 8.65. The van der Waals surface area contributed by atoms with Gasteiger partial charge in [0.05, 0.1) is 23.3 Å². The predicted octanol–water partition coefficient (Wildman–Crippen LogP) is 2.31. The number of morpholine rings is 1. The predicted molar refractivity (Wildman–Crippen MR) is 72.3 cm³/mol. The van der Waals surface area contributed by atoms with E-state index in [4.69, 9.17) is 27.9 Å². The van der Waals surface area contributed by atoms with E-state index in [2.05, 4.69) is 10.6 Å². The van der Waals surface area contributed by atoms with Crippen LogP contribution in [0.3, 0.4) is 0 Å². The maximum Gasteiger partial charge on any atom is 0.226 e. The molecule has 1 unspecified atom stereocenters. The lowest BCUT2D eigenvalue weighted by Gasteiger charge is -2.23. The van der Waals surface area contributed by atoms with E-state index in [-0.39, 0.29) is 11.9 Å². The normalized spacial score (nSPS) is 19.6. The molecule has 1 fully saturated rings. The van der Waals surface area contributed by atoms with Crippen LogP contribution >= 0.6 is 23.2 Å². The lowest BCUT2D eigenvalue weighted by Crippen LogP contribution is -2.43. The van der Waals surface area contributed by atoms with Gasteiger partial charge in [0.25, 0.3) is 0 Å². The minimum atomic E-state index is -0.0728. The maximum atomic E-state index is 11.8. The molecular formula is C12H14Cl2N2O2. The standard InChI is InChI=1S/C12H14Cl2N2O2/c13-10-2-1-8(5-11(10)14)16-12(17)6-9-7-18-4-3-15-9/h1-2,5,9,15H,3-4,6-7H2,(H,16,17). The van der Waals surface area contributed by atoms with Crippen LogP contribution in [0.25, 0.3) is 0 Å². The first kappa shape index (κ1) is 13.6. The molecular weight excluding hydrogens is 275 g/mol. The third kappa shape index (κ3) is 3.85. The highest BCUT2D eigenvalue weighted by Gasteiger charge is 2.16. The number of amides is 1. The molecule has 18 heavy (non-hydrogen) atoms. The molecule has 0 spiro atoms. The van der Waals surface area contributed by atoms with Crippen LogP contribution in [0.15, 0.2) is 18.2 Å². The summed E-state index contributed by atoms with van der Waals surface area (Å²) < 4.78 is 5.29. The van der Waals surface area contributed by atoms with E-state index in [9.17, 15) is 4.79 Å². The highest BCUT2D eigenvalue weighted by molar-refractivity contribution is 6.42. The van der Waals surface area contributed by atoms with Crippen molar-refractivity contribution in [2.75, 3.05) is 25.1 Å². The second kappa shape index (κ2) is 6.38. The Hall–Kier alpha value is -0.810. The minimum absolute atomic E-state index is 0.0709. The number of hydrogen-bond donors (Lipinski definition) is 2. The van der Waals surface area contributed by atoms with Crippen molar-refractivity contribution in [2.24, 2.45) is 0 Å². The van der Waals surface area contributed by atoms with Gasteiger partial charge >= 0.3 is 0 Å². The number of hydrogen-bond acceptors (Lipinski definition) is 3. The maximum absolute atomic E-state index is 11.8. The average Bonchev–Trinajstić information content (AvgIpc) is 2.35. The molecule has 1 saturated heterocycles. The Morgan fingerprint density at radius 2 is 2.28 bits per heavy atom. The van der Waals surface area contributed by atoms with Crippen molar-refractivity contribution in [1.29, 1.82) is 0 Å². The second-order valence-corrected chi connectivity index (χ2v) is 4.92. The first-order valence-corrected chi connectivity index (χ1v) is 6.47. The molecule has 0 bridgehead atoms. The lowest BCUT2D eigenvalue weighted by molar-refractivity contribution is -0.117. The van der Waals surface area contributed by atoms with Gasteiger partial charge in [0.2, 0.25) is 5.91 Å². The summed E-state index contributed by atoms with van der Waals surface area (Å²) in [6.45, 7) is 2.05. The van der Waals surface area contributed by atoms with Gasteiger partial charge in [-0.3, -0.25) is 4.79 Å². The smallest absolute Gasteiger partial charge is 0.226 e. The van der Waals surface area contributed by atoms with Crippen LogP contribution in [0, 0.1) is 0 Å². The van der Waals surface area contributed by atoms with Crippen LogP contribution < -0.4 is 10.6 Å². The highest BCUT2D eigenvalue weighted by atomic mass is 35.5. The monoisotopic (exact) mass is 288 g/mol. The number of halogens is 2. The Labute approximate surface area is 116 Å². The first-order valence-electron chi connectivity index (χ1n) is 5.71. The van der Waals surface area contributed by atoms with Crippen molar-refractivity contribution < 1.29 is 9.53 Å². The van der Waals surface area contributed by atoms with Gasteiger partial charge in [0.1, 0.15) is 0 Å². The molecule has 1 aliphatic rings. The molecule has 2 N–H and O–H groups in total. The Kier molecular flexibility index (Phi) is 4.83. The molecule has 0 aromatic heterocycles. The number of anilines is 1.